The van der Waals surface area contributed by atoms with Gasteiger partial charge in [-0.15, -0.1) is 0 Å². The van der Waals surface area contributed by atoms with E-state index in [1.165, 1.54) is 0 Å². The molecule has 3 N–H and O–H groups in total. The predicted octanol–water partition coefficient (Wildman–Crippen LogP) is 1.77. The minimum Gasteiger partial charge on any atom is -0.497 e. The highest BCUT2D eigenvalue weighted by molar-refractivity contribution is 7.92. The SMILES string of the molecule is COc1ccc(CNC(=O)C[C@H]2C[C@@H]3c4cc(NS(C)(=O)=O)ccc4O[C@@H]3[C@@H](CO)O2)cc1. The van der Waals surface area contributed by atoms with Crippen LogP contribution in [0.5, 0.6) is 11.5 Å². The number of fused-ring (bicyclic) bond motifs is 3. The fourth-order valence-corrected chi connectivity index (χ4v) is 4.94. The summed E-state index contributed by atoms with van der Waals surface area (Å²) in [6, 6.07) is 12.5. The molecular formula is C23H28N2O7S. The van der Waals surface area contributed by atoms with Crippen molar-refractivity contribution >= 4 is 21.6 Å². The number of aliphatic hydroxyl groups is 1. The highest BCUT2D eigenvalue weighted by Crippen LogP contribution is 2.47. The highest BCUT2D eigenvalue weighted by atomic mass is 32.2. The number of hydrogen-bond donors (Lipinski definition) is 3. The molecule has 0 unspecified atom stereocenters. The number of amides is 1. The Morgan fingerprint density at radius 3 is 2.64 bits per heavy atom. The van der Waals surface area contributed by atoms with Gasteiger partial charge in [-0.3, -0.25) is 9.52 Å². The molecule has 2 aromatic carbocycles. The number of ether oxygens (including phenoxy) is 3. The lowest BCUT2D eigenvalue weighted by Crippen LogP contribution is -2.47. The molecule has 0 radical (unpaired) electrons. The summed E-state index contributed by atoms with van der Waals surface area (Å²) in [6.07, 6.45) is 0.384. The van der Waals surface area contributed by atoms with Crippen molar-refractivity contribution in [3.05, 3.63) is 53.6 Å². The zero-order valence-corrected chi connectivity index (χ0v) is 19.3. The lowest BCUT2D eigenvalue weighted by Gasteiger charge is -2.37. The predicted molar refractivity (Wildman–Crippen MR) is 122 cm³/mol. The van der Waals surface area contributed by atoms with E-state index in [9.17, 15) is 18.3 Å². The Bertz CT molecular complexity index is 1100. The van der Waals surface area contributed by atoms with Crippen LogP contribution in [-0.2, 0) is 26.1 Å². The molecule has 4 atom stereocenters. The lowest BCUT2D eigenvalue weighted by molar-refractivity contribution is -0.142. The number of carbonyl (C=O) groups is 1. The van der Waals surface area contributed by atoms with Crippen LogP contribution in [0.3, 0.4) is 0 Å². The van der Waals surface area contributed by atoms with Crippen molar-refractivity contribution < 1.29 is 32.5 Å². The number of hydrogen-bond acceptors (Lipinski definition) is 7. The van der Waals surface area contributed by atoms with Crippen molar-refractivity contribution in [3.63, 3.8) is 0 Å². The first-order valence-corrected chi connectivity index (χ1v) is 12.6. The zero-order chi connectivity index (χ0) is 23.6. The van der Waals surface area contributed by atoms with E-state index >= 15 is 0 Å². The van der Waals surface area contributed by atoms with Crippen molar-refractivity contribution in [1.82, 2.24) is 5.32 Å². The molecule has 0 aliphatic carbocycles. The summed E-state index contributed by atoms with van der Waals surface area (Å²) in [4.78, 5) is 12.6. The second-order valence-corrected chi connectivity index (χ2v) is 10.1. The number of benzene rings is 2. The third kappa shape index (κ3) is 5.58. The van der Waals surface area contributed by atoms with Crippen LogP contribution in [0.15, 0.2) is 42.5 Å². The zero-order valence-electron chi connectivity index (χ0n) is 18.5. The van der Waals surface area contributed by atoms with Gasteiger partial charge in [-0.25, -0.2) is 8.42 Å². The van der Waals surface area contributed by atoms with Crippen LogP contribution < -0.4 is 19.5 Å². The maximum atomic E-state index is 12.6. The monoisotopic (exact) mass is 476 g/mol. The fraction of sp³-hybridized carbons (Fsp3) is 0.435. The number of methoxy groups -OCH3 is 1. The van der Waals surface area contributed by atoms with E-state index < -0.39 is 28.3 Å². The minimum absolute atomic E-state index is 0.119. The second-order valence-electron chi connectivity index (χ2n) is 8.36. The fourth-order valence-electron chi connectivity index (χ4n) is 4.39. The van der Waals surface area contributed by atoms with Gasteiger partial charge in [0.2, 0.25) is 15.9 Å². The van der Waals surface area contributed by atoms with E-state index in [1.54, 1.807) is 25.3 Å². The van der Waals surface area contributed by atoms with Gasteiger partial charge >= 0.3 is 0 Å². The summed E-state index contributed by atoms with van der Waals surface area (Å²) in [5, 5.41) is 12.8. The van der Waals surface area contributed by atoms with E-state index in [0.717, 1.165) is 23.1 Å². The minimum atomic E-state index is -3.41. The van der Waals surface area contributed by atoms with E-state index in [2.05, 4.69) is 10.0 Å². The summed E-state index contributed by atoms with van der Waals surface area (Å²) in [5.74, 6) is 1.11. The highest BCUT2D eigenvalue weighted by Gasteiger charge is 2.46. The van der Waals surface area contributed by atoms with E-state index in [1.807, 2.05) is 24.3 Å². The molecule has 0 bridgehead atoms. The molecule has 0 saturated carbocycles. The van der Waals surface area contributed by atoms with E-state index in [4.69, 9.17) is 14.2 Å². The smallest absolute Gasteiger partial charge is 0.229 e. The maximum absolute atomic E-state index is 12.6. The van der Waals surface area contributed by atoms with Crippen molar-refractivity contribution in [1.29, 1.82) is 0 Å². The van der Waals surface area contributed by atoms with Gasteiger partial charge in [0.05, 0.1) is 32.5 Å². The standard InChI is InChI=1S/C23H28N2O7S/c1-30-16-6-3-14(4-7-16)12-24-22(27)11-17-10-19-18-9-15(25-33(2,28)29)5-8-20(18)32-23(19)21(13-26)31-17/h3-9,17,19,21,23,25-26H,10-13H2,1-2H3,(H,24,27)/t17-,19-,21-,23+/m1/s1. The van der Waals surface area contributed by atoms with Gasteiger partial charge in [0.1, 0.15) is 23.7 Å². The molecule has 2 aromatic rings. The Morgan fingerprint density at radius 1 is 1.21 bits per heavy atom. The topological polar surface area (TPSA) is 123 Å². The Labute approximate surface area is 193 Å². The number of carbonyl (C=O) groups excluding carboxylic acids is 1. The molecule has 1 saturated heterocycles. The molecule has 0 aromatic heterocycles. The van der Waals surface area contributed by atoms with Crippen LogP contribution >= 0.6 is 0 Å². The Balaban J connectivity index is 1.41. The Hall–Kier alpha value is -2.82. The molecular weight excluding hydrogens is 448 g/mol. The Morgan fingerprint density at radius 2 is 1.97 bits per heavy atom. The summed E-state index contributed by atoms with van der Waals surface area (Å²) < 4.78 is 42.8. The van der Waals surface area contributed by atoms with Crippen LogP contribution in [0, 0.1) is 0 Å². The number of anilines is 1. The van der Waals surface area contributed by atoms with Crippen LogP contribution in [0.4, 0.5) is 5.69 Å². The maximum Gasteiger partial charge on any atom is 0.229 e. The summed E-state index contributed by atoms with van der Waals surface area (Å²) in [6.45, 7) is 0.144. The lowest BCUT2D eigenvalue weighted by atomic mass is 9.84. The normalized spacial score (nSPS) is 23.7. The molecule has 10 heteroatoms. The van der Waals surface area contributed by atoms with E-state index in [0.29, 0.717) is 24.4 Å². The average Bonchev–Trinajstić information content (AvgIpc) is 3.14. The van der Waals surface area contributed by atoms with Crippen LogP contribution in [0.2, 0.25) is 0 Å². The van der Waals surface area contributed by atoms with E-state index in [-0.39, 0.29) is 24.9 Å². The van der Waals surface area contributed by atoms with Crippen molar-refractivity contribution in [2.45, 2.75) is 43.6 Å². The molecule has 2 heterocycles. The van der Waals surface area contributed by atoms with Gasteiger partial charge in [0.25, 0.3) is 0 Å². The third-order valence-corrected chi connectivity index (χ3v) is 6.47. The molecule has 1 fully saturated rings. The van der Waals surface area contributed by atoms with Crippen LogP contribution in [0.1, 0.15) is 29.9 Å². The van der Waals surface area contributed by atoms with Crippen molar-refractivity contribution in [3.8, 4) is 11.5 Å². The Kier molecular flexibility index (Phi) is 6.78. The second kappa shape index (κ2) is 9.58. The molecule has 2 aliphatic heterocycles. The first-order chi connectivity index (χ1) is 15.8. The summed E-state index contributed by atoms with van der Waals surface area (Å²) >= 11 is 0. The quantitative estimate of drug-likeness (QED) is 0.531. The van der Waals surface area contributed by atoms with Gasteiger partial charge in [0.15, 0.2) is 0 Å². The first kappa shape index (κ1) is 23.3. The van der Waals surface area contributed by atoms with Gasteiger partial charge in [0, 0.05) is 23.7 Å². The number of aliphatic hydroxyl groups excluding tert-OH is 1. The molecule has 1 amide bonds. The largest absolute Gasteiger partial charge is 0.497 e. The van der Waals surface area contributed by atoms with Gasteiger partial charge < -0.3 is 24.6 Å². The molecule has 9 nitrogen and oxygen atoms in total. The van der Waals surface area contributed by atoms with Gasteiger partial charge in [-0.1, -0.05) is 12.1 Å². The summed E-state index contributed by atoms with van der Waals surface area (Å²) in [7, 11) is -1.82. The van der Waals surface area contributed by atoms with Crippen molar-refractivity contribution in [2.24, 2.45) is 0 Å². The summed E-state index contributed by atoms with van der Waals surface area (Å²) in [5.41, 5.74) is 2.24. The molecule has 4 rings (SSSR count). The molecule has 178 valence electrons. The van der Waals surface area contributed by atoms with Crippen molar-refractivity contribution in [2.75, 3.05) is 24.7 Å². The third-order valence-electron chi connectivity index (χ3n) is 5.86. The molecule has 0 spiro atoms. The molecule has 2 aliphatic rings. The number of sulfonamides is 1. The number of nitrogens with one attached hydrogen (secondary N) is 2. The van der Waals surface area contributed by atoms with Gasteiger partial charge in [-0.2, -0.15) is 0 Å². The first-order valence-electron chi connectivity index (χ1n) is 10.7. The molecule has 33 heavy (non-hydrogen) atoms. The van der Waals surface area contributed by atoms with Gasteiger partial charge in [-0.05, 0) is 42.3 Å². The van der Waals surface area contributed by atoms with Crippen LogP contribution in [0.25, 0.3) is 0 Å². The average molecular weight is 477 g/mol. The van der Waals surface area contributed by atoms with Crippen LogP contribution in [-0.4, -0.2) is 57.7 Å². The number of rotatable bonds is 8.